The molecule has 0 spiro atoms. The molecule has 4 nitrogen and oxygen atoms in total. The summed E-state index contributed by atoms with van der Waals surface area (Å²) in [4.78, 5) is 8.47. The average molecular weight is 403 g/mol. The maximum absolute atomic E-state index is 4.92. The lowest BCUT2D eigenvalue weighted by molar-refractivity contribution is 0.551. The maximum atomic E-state index is 4.92. The van der Waals surface area contributed by atoms with Crippen molar-refractivity contribution in [2.45, 2.75) is 37.9 Å². The van der Waals surface area contributed by atoms with E-state index in [-0.39, 0.29) is 0 Å². The predicted octanol–water partition coefficient (Wildman–Crippen LogP) is 6.21. The number of benzene rings is 2. The molecule has 0 saturated heterocycles. The Bertz CT molecular complexity index is 964. The van der Waals surface area contributed by atoms with Gasteiger partial charge in [0.15, 0.2) is 5.16 Å². The van der Waals surface area contributed by atoms with Crippen molar-refractivity contribution in [2.75, 3.05) is 5.75 Å². The van der Waals surface area contributed by atoms with Crippen molar-refractivity contribution in [1.29, 1.82) is 0 Å². The molecule has 0 saturated carbocycles. The third kappa shape index (κ3) is 5.18. The van der Waals surface area contributed by atoms with Crippen LogP contribution in [0, 0.1) is 6.92 Å². The summed E-state index contributed by atoms with van der Waals surface area (Å²) in [7, 11) is 0. The lowest BCUT2D eigenvalue weighted by atomic mass is 10.1. The number of thioether (sulfide) groups is 1. The molecular weight excluding hydrogens is 376 g/mol. The smallest absolute Gasteiger partial charge is 0.166 e. The van der Waals surface area contributed by atoms with Crippen molar-refractivity contribution in [3.05, 3.63) is 78.6 Å². The number of nitrogens with one attached hydrogen (secondary N) is 1. The standard InChI is InChI=1S/C24H26N4S/c1-19-15-17-28(27-19)16-9-4-10-18-29-24-25-22(20-11-5-2-6-12-20)23(26-24)21-13-7-3-8-14-21/h2-3,5-8,11-15,17H,4,9-10,16,18H2,1H3,(H,25,26). The molecule has 29 heavy (non-hydrogen) atoms. The Morgan fingerprint density at radius 2 is 1.59 bits per heavy atom. The number of aromatic amines is 1. The molecule has 0 radical (unpaired) electrons. The highest BCUT2D eigenvalue weighted by Crippen LogP contribution is 2.32. The predicted molar refractivity (Wildman–Crippen MR) is 121 cm³/mol. The van der Waals surface area contributed by atoms with Gasteiger partial charge in [-0.3, -0.25) is 4.68 Å². The van der Waals surface area contributed by atoms with E-state index in [9.17, 15) is 0 Å². The third-order valence-electron chi connectivity index (χ3n) is 4.84. The largest absolute Gasteiger partial charge is 0.332 e. The monoisotopic (exact) mass is 402 g/mol. The molecular formula is C24H26N4S. The number of unbranched alkanes of at least 4 members (excludes halogenated alkanes) is 2. The molecule has 0 unspecified atom stereocenters. The van der Waals surface area contributed by atoms with Gasteiger partial charge in [-0.2, -0.15) is 5.10 Å². The van der Waals surface area contributed by atoms with Gasteiger partial charge in [-0.25, -0.2) is 4.98 Å². The molecule has 1 N–H and O–H groups in total. The molecule has 0 aliphatic heterocycles. The fraction of sp³-hybridized carbons (Fsp3) is 0.250. The molecule has 0 amide bonds. The van der Waals surface area contributed by atoms with Crippen molar-refractivity contribution >= 4 is 11.8 Å². The zero-order chi connectivity index (χ0) is 19.9. The summed E-state index contributed by atoms with van der Waals surface area (Å²) >= 11 is 1.81. The van der Waals surface area contributed by atoms with Crippen LogP contribution in [-0.2, 0) is 6.54 Å². The lowest BCUT2D eigenvalue weighted by Gasteiger charge is -2.02. The number of nitrogens with zero attached hydrogens (tertiary/aromatic N) is 3. The molecule has 2 heterocycles. The van der Waals surface area contributed by atoms with Crippen LogP contribution < -0.4 is 0 Å². The van der Waals surface area contributed by atoms with Crippen LogP contribution in [0.25, 0.3) is 22.5 Å². The molecule has 0 atom stereocenters. The molecule has 2 aromatic heterocycles. The highest BCUT2D eigenvalue weighted by molar-refractivity contribution is 7.99. The van der Waals surface area contributed by atoms with Gasteiger partial charge in [0.05, 0.1) is 17.1 Å². The van der Waals surface area contributed by atoms with Crippen LogP contribution in [-0.4, -0.2) is 25.5 Å². The second kappa shape index (κ2) is 9.61. The van der Waals surface area contributed by atoms with Gasteiger partial charge in [-0.05, 0) is 25.8 Å². The van der Waals surface area contributed by atoms with E-state index in [1.165, 1.54) is 18.4 Å². The Morgan fingerprint density at radius 3 is 2.28 bits per heavy atom. The lowest BCUT2D eigenvalue weighted by Crippen LogP contribution is -1.99. The SMILES string of the molecule is Cc1ccn(CCCCCSc2nc(-c3ccccc3)c(-c3ccccc3)[nH]2)n1. The summed E-state index contributed by atoms with van der Waals surface area (Å²) in [6, 6.07) is 22.9. The van der Waals surface area contributed by atoms with Gasteiger partial charge in [0.2, 0.25) is 0 Å². The zero-order valence-electron chi connectivity index (χ0n) is 16.7. The molecule has 2 aromatic carbocycles. The first kappa shape index (κ1) is 19.5. The van der Waals surface area contributed by atoms with Gasteiger partial charge in [-0.1, -0.05) is 78.8 Å². The van der Waals surface area contributed by atoms with Crippen molar-refractivity contribution in [3.63, 3.8) is 0 Å². The molecule has 148 valence electrons. The normalized spacial score (nSPS) is 11.1. The topological polar surface area (TPSA) is 46.5 Å². The van der Waals surface area contributed by atoms with E-state index in [1.54, 1.807) is 11.8 Å². The van der Waals surface area contributed by atoms with E-state index < -0.39 is 0 Å². The second-order valence-electron chi connectivity index (χ2n) is 7.13. The van der Waals surface area contributed by atoms with Gasteiger partial charge in [0.25, 0.3) is 0 Å². The van der Waals surface area contributed by atoms with Crippen LogP contribution in [0.15, 0.2) is 78.1 Å². The van der Waals surface area contributed by atoms with Gasteiger partial charge in [0, 0.05) is 29.6 Å². The minimum absolute atomic E-state index is 0.991. The van der Waals surface area contributed by atoms with E-state index in [0.717, 1.165) is 46.5 Å². The van der Waals surface area contributed by atoms with Gasteiger partial charge in [-0.15, -0.1) is 0 Å². The number of hydrogen-bond donors (Lipinski definition) is 1. The minimum atomic E-state index is 0.991. The van der Waals surface area contributed by atoms with E-state index in [1.807, 2.05) is 23.7 Å². The fourth-order valence-corrected chi connectivity index (χ4v) is 4.22. The zero-order valence-corrected chi connectivity index (χ0v) is 17.5. The summed E-state index contributed by atoms with van der Waals surface area (Å²) in [6.45, 7) is 3.03. The van der Waals surface area contributed by atoms with Crippen LogP contribution in [0.2, 0.25) is 0 Å². The van der Waals surface area contributed by atoms with Crippen LogP contribution in [0.5, 0.6) is 0 Å². The summed E-state index contributed by atoms with van der Waals surface area (Å²) in [5.74, 6) is 1.06. The Labute approximate surface area is 176 Å². The number of rotatable bonds is 9. The summed E-state index contributed by atoms with van der Waals surface area (Å²) in [5, 5.41) is 5.43. The molecule has 0 aliphatic carbocycles. The van der Waals surface area contributed by atoms with Gasteiger partial charge >= 0.3 is 0 Å². The molecule has 4 aromatic rings. The van der Waals surface area contributed by atoms with Crippen LogP contribution in [0.1, 0.15) is 25.0 Å². The summed E-state index contributed by atoms with van der Waals surface area (Å²) < 4.78 is 2.03. The number of imidazole rings is 1. The highest BCUT2D eigenvalue weighted by Gasteiger charge is 2.14. The minimum Gasteiger partial charge on any atom is -0.332 e. The third-order valence-corrected chi connectivity index (χ3v) is 5.80. The van der Waals surface area contributed by atoms with Gasteiger partial charge in [0.1, 0.15) is 0 Å². The second-order valence-corrected chi connectivity index (χ2v) is 8.21. The van der Waals surface area contributed by atoms with Crippen molar-refractivity contribution in [2.24, 2.45) is 0 Å². The number of H-pyrrole nitrogens is 1. The van der Waals surface area contributed by atoms with Crippen molar-refractivity contribution < 1.29 is 0 Å². The Hall–Kier alpha value is -2.79. The number of hydrogen-bond acceptors (Lipinski definition) is 3. The molecule has 0 fully saturated rings. The first-order valence-corrected chi connectivity index (χ1v) is 11.1. The number of aryl methyl sites for hydroxylation is 2. The fourth-order valence-electron chi connectivity index (χ4n) is 3.35. The quantitative estimate of drug-likeness (QED) is 0.267. The van der Waals surface area contributed by atoms with Crippen molar-refractivity contribution in [1.82, 2.24) is 19.7 Å². The van der Waals surface area contributed by atoms with Crippen LogP contribution >= 0.6 is 11.8 Å². The van der Waals surface area contributed by atoms with Gasteiger partial charge < -0.3 is 4.98 Å². The molecule has 0 aliphatic rings. The highest BCUT2D eigenvalue weighted by atomic mass is 32.2. The first-order valence-electron chi connectivity index (χ1n) is 10.1. The number of aromatic nitrogens is 4. The van der Waals surface area contributed by atoms with Crippen LogP contribution in [0.3, 0.4) is 0 Å². The summed E-state index contributed by atoms with van der Waals surface area (Å²) in [6.07, 6.45) is 5.59. The summed E-state index contributed by atoms with van der Waals surface area (Å²) in [5.41, 5.74) is 5.51. The molecule has 4 rings (SSSR count). The Balaban J connectivity index is 1.37. The van der Waals surface area contributed by atoms with E-state index in [4.69, 9.17) is 4.98 Å². The average Bonchev–Trinajstić information content (AvgIpc) is 3.38. The van der Waals surface area contributed by atoms with E-state index in [0.29, 0.717) is 0 Å². The first-order chi connectivity index (χ1) is 14.3. The van der Waals surface area contributed by atoms with Crippen LogP contribution in [0.4, 0.5) is 0 Å². The van der Waals surface area contributed by atoms with E-state index >= 15 is 0 Å². The Morgan fingerprint density at radius 1 is 0.862 bits per heavy atom. The maximum Gasteiger partial charge on any atom is 0.166 e. The molecule has 5 heteroatoms. The Kier molecular flexibility index (Phi) is 6.47. The van der Waals surface area contributed by atoms with Crippen molar-refractivity contribution in [3.8, 4) is 22.5 Å². The van der Waals surface area contributed by atoms with E-state index in [2.05, 4.69) is 70.9 Å². The molecule has 0 bridgehead atoms.